The van der Waals surface area contributed by atoms with Crippen molar-refractivity contribution in [3.05, 3.63) is 64.2 Å². The van der Waals surface area contributed by atoms with Crippen molar-refractivity contribution >= 4 is 29.3 Å². The van der Waals surface area contributed by atoms with Gasteiger partial charge in [0, 0.05) is 16.3 Å². The second kappa shape index (κ2) is 9.07. The zero-order valence-electron chi connectivity index (χ0n) is 15.0. The van der Waals surface area contributed by atoms with Gasteiger partial charge in [0.05, 0.1) is 6.10 Å². The van der Waals surface area contributed by atoms with Gasteiger partial charge in [0.2, 0.25) is 0 Å². The van der Waals surface area contributed by atoms with E-state index in [2.05, 4.69) is 5.32 Å². The van der Waals surface area contributed by atoms with Gasteiger partial charge in [-0.05, 0) is 56.2 Å². The zero-order chi connectivity index (χ0) is 19.1. The lowest BCUT2D eigenvalue weighted by Gasteiger charge is -2.13. The van der Waals surface area contributed by atoms with Crippen molar-refractivity contribution in [2.45, 2.75) is 33.3 Å². The summed E-state index contributed by atoms with van der Waals surface area (Å²) in [5, 5.41) is 12.8. The Labute approximate surface area is 159 Å². The minimum Gasteiger partial charge on any atom is -0.490 e. The summed E-state index contributed by atoms with van der Waals surface area (Å²) in [6.45, 7) is 5.82. The normalized spacial score (nSPS) is 11.2. The van der Waals surface area contributed by atoms with Crippen LogP contribution in [0.3, 0.4) is 0 Å². The predicted octanol–water partition coefficient (Wildman–Crippen LogP) is 5.24. The number of anilines is 1. The minimum atomic E-state index is -0.469. The molecule has 1 amide bonds. The number of para-hydroxylation sites is 1. The lowest BCUT2D eigenvalue weighted by molar-refractivity contribution is -0.112. The van der Waals surface area contributed by atoms with E-state index in [1.165, 1.54) is 6.08 Å². The summed E-state index contributed by atoms with van der Waals surface area (Å²) in [5.74, 6) is 0.0998. The number of nitrogens with one attached hydrogen (secondary N) is 1. The Hall–Kier alpha value is -2.77. The monoisotopic (exact) mass is 368 g/mol. The Morgan fingerprint density at radius 3 is 2.69 bits per heavy atom. The van der Waals surface area contributed by atoms with Crippen molar-refractivity contribution in [1.82, 2.24) is 0 Å². The van der Waals surface area contributed by atoms with Crippen molar-refractivity contribution in [1.29, 1.82) is 5.26 Å². The van der Waals surface area contributed by atoms with Gasteiger partial charge in [-0.25, -0.2) is 0 Å². The smallest absolute Gasteiger partial charge is 0.266 e. The first kappa shape index (κ1) is 19.6. The number of aryl methyl sites for hydroxylation is 1. The number of carbonyl (C=O) groups excluding carboxylic acids is 1. The van der Waals surface area contributed by atoms with Gasteiger partial charge in [0.25, 0.3) is 5.91 Å². The van der Waals surface area contributed by atoms with E-state index in [4.69, 9.17) is 16.3 Å². The molecule has 0 aliphatic carbocycles. The molecule has 0 fully saturated rings. The van der Waals surface area contributed by atoms with Gasteiger partial charge in [-0.15, -0.1) is 0 Å². The van der Waals surface area contributed by atoms with Crippen LogP contribution >= 0.6 is 11.6 Å². The molecule has 0 atom stereocenters. The van der Waals surface area contributed by atoms with E-state index in [-0.39, 0.29) is 11.7 Å². The molecule has 5 heteroatoms. The molecular formula is C21H21ClN2O2. The van der Waals surface area contributed by atoms with Gasteiger partial charge in [0.15, 0.2) is 0 Å². The first-order valence-corrected chi connectivity index (χ1v) is 8.79. The number of halogens is 1. The molecule has 2 rings (SSSR count). The van der Waals surface area contributed by atoms with Crippen molar-refractivity contribution in [3.63, 3.8) is 0 Å². The minimum absolute atomic E-state index is 0.0215. The third-order valence-electron chi connectivity index (χ3n) is 3.65. The van der Waals surface area contributed by atoms with E-state index >= 15 is 0 Å². The van der Waals surface area contributed by atoms with Crippen LogP contribution in [0, 0.1) is 11.3 Å². The van der Waals surface area contributed by atoms with Crippen molar-refractivity contribution < 1.29 is 9.53 Å². The molecule has 0 saturated carbocycles. The number of carbonyl (C=O) groups is 1. The fourth-order valence-corrected chi connectivity index (χ4v) is 2.62. The molecular weight excluding hydrogens is 348 g/mol. The molecule has 4 nitrogen and oxygen atoms in total. The number of rotatable bonds is 6. The largest absolute Gasteiger partial charge is 0.490 e. The number of ether oxygens (including phenoxy) is 1. The Bertz CT molecular complexity index is 867. The molecule has 26 heavy (non-hydrogen) atoms. The van der Waals surface area contributed by atoms with Crippen LogP contribution in [0.2, 0.25) is 5.02 Å². The van der Waals surface area contributed by atoms with Gasteiger partial charge in [-0.1, -0.05) is 36.7 Å². The Kier molecular flexibility index (Phi) is 6.82. The Balaban J connectivity index is 2.34. The quantitative estimate of drug-likeness (QED) is 0.560. The number of nitriles is 1. The molecule has 0 aliphatic heterocycles. The molecule has 134 valence electrons. The fraction of sp³-hybridized carbons (Fsp3) is 0.238. The van der Waals surface area contributed by atoms with Crippen LogP contribution in [0.25, 0.3) is 6.08 Å². The van der Waals surface area contributed by atoms with E-state index < -0.39 is 5.91 Å². The third-order valence-corrected chi connectivity index (χ3v) is 3.88. The maximum Gasteiger partial charge on any atom is 0.266 e. The predicted molar refractivity (Wildman–Crippen MR) is 105 cm³/mol. The maximum absolute atomic E-state index is 12.6. The van der Waals surface area contributed by atoms with Crippen molar-refractivity contribution in [2.75, 3.05) is 5.32 Å². The Morgan fingerprint density at radius 1 is 1.31 bits per heavy atom. The van der Waals surface area contributed by atoms with E-state index in [9.17, 15) is 10.1 Å². The summed E-state index contributed by atoms with van der Waals surface area (Å²) < 4.78 is 5.74. The van der Waals surface area contributed by atoms with Crippen LogP contribution in [-0.2, 0) is 11.2 Å². The second-order valence-electron chi connectivity index (χ2n) is 5.98. The van der Waals surface area contributed by atoms with Crippen molar-refractivity contribution in [3.8, 4) is 11.8 Å². The number of hydrogen-bond donors (Lipinski definition) is 1. The van der Waals surface area contributed by atoms with Crippen LogP contribution in [0.5, 0.6) is 5.75 Å². The average molecular weight is 369 g/mol. The SMILES string of the molecule is CCc1ccccc1NC(=O)/C(C#N)=C/c1cc(Cl)ccc1OC(C)C. The summed E-state index contributed by atoms with van der Waals surface area (Å²) >= 11 is 6.06. The highest BCUT2D eigenvalue weighted by Crippen LogP contribution is 2.26. The van der Waals surface area contributed by atoms with Gasteiger partial charge >= 0.3 is 0 Å². The van der Waals surface area contributed by atoms with Crippen LogP contribution < -0.4 is 10.1 Å². The molecule has 0 saturated heterocycles. The van der Waals surface area contributed by atoms with Gasteiger partial charge in [-0.2, -0.15) is 5.26 Å². The number of hydrogen-bond acceptors (Lipinski definition) is 3. The molecule has 0 radical (unpaired) electrons. The Morgan fingerprint density at radius 2 is 2.04 bits per heavy atom. The first-order chi connectivity index (χ1) is 12.4. The molecule has 0 unspecified atom stereocenters. The molecule has 1 N–H and O–H groups in total. The summed E-state index contributed by atoms with van der Waals surface area (Å²) in [6.07, 6.45) is 2.23. The summed E-state index contributed by atoms with van der Waals surface area (Å²) in [6, 6.07) is 14.6. The highest BCUT2D eigenvalue weighted by Gasteiger charge is 2.13. The lowest BCUT2D eigenvalue weighted by atomic mass is 10.1. The molecule has 0 aromatic heterocycles. The summed E-state index contributed by atoms with van der Waals surface area (Å²) in [5.41, 5.74) is 2.27. The van der Waals surface area contributed by atoms with Gasteiger partial charge in [0.1, 0.15) is 17.4 Å². The second-order valence-corrected chi connectivity index (χ2v) is 6.42. The van der Waals surface area contributed by atoms with Gasteiger partial charge < -0.3 is 10.1 Å². The van der Waals surface area contributed by atoms with E-state index in [0.29, 0.717) is 22.0 Å². The van der Waals surface area contributed by atoms with E-state index in [0.717, 1.165) is 12.0 Å². The van der Waals surface area contributed by atoms with Crippen molar-refractivity contribution in [2.24, 2.45) is 0 Å². The van der Waals surface area contributed by atoms with Gasteiger partial charge in [-0.3, -0.25) is 4.79 Å². The molecule has 0 spiro atoms. The lowest BCUT2D eigenvalue weighted by Crippen LogP contribution is -2.15. The molecule has 0 heterocycles. The van der Waals surface area contributed by atoms with Crippen LogP contribution in [0.1, 0.15) is 31.9 Å². The first-order valence-electron chi connectivity index (χ1n) is 8.41. The van der Waals surface area contributed by atoms with Crippen LogP contribution in [0.4, 0.5) is 5.69 Å². The van der Waals surface area contributed by atoms with E-state index in [1.807, 2.05) is 51.1 Å². The van der Waals surface area contributed by atoms with Crippen LogP contribution in [-0.4, -0.2) is 12.0 Å². The molecule has 2 aromatic carbocycles. The molecule has 0 aliphatic rings. The summed E-state index contributed by atoms with van der Waals surface area (Å²) in [4.78, 5) is 12.6. The number of amides is 1. The topological polar surface area (TPSA) is 62.1 Å². The maximum atomic E-state index is 12.6. The highest BCUT2D eigenvalue weighted by atomic mass is 35.5. The standard InChI is InChI=1S/C21H21ClN2O2/c1-4-15-7-5-6-8-19(15)24-21(25)17(13-23)11-16-12-18(22)9-10-20(16)26-14(2)3/h5-12,14H,4H2,1-3H3,(H,24,25)/b17-11+. The summed E-state index contributed by atoms with van der Waals surface area (Å²) in [7, 11) is 0. The highest BCUT2D eigenvalue weighted by molar-refractivity contribution is 6.30. The number of benzene rings is 2. The fourth-order valence-electron chi connectivity index (χ4n) is 2.44. The zero-order valence-corrected chi connectivity index (χ0v) is 15.8. The van der Waals surface area contributed by atoms with Crippen LogP contribution in [0.15, 0.2) is 48.0 Å². The number of nitrogens with zero attached hydrogens (tertiary/aromatic N) is 1. The average Bonchev–Trinajstić information content (AvgIpc) is 2.61. The third kappa shape index (κ3) is 5.11. The molecule has 0 bridgehead atoms. The molecule has 2 aromatic rings. The van der Waals surface area contributed by atoms with E-state index in [1.54, 1.807) is 18.2 Å².